The van der Waals surface area contributed by atoms with Gasteiger partial charge in [-0.1, -0.05) is 22.9 Å². The van der Waals surface area contributed by atoms with E-state index in [1.54, 1.807) is 11.8 Å². The van der Waals surface area contributed by atoms with Crippen LogP contribution in [-0.2, 0) is 4.79 Å². The fourth-order valence-electron chi connectivity index (χ4n) is 3.71. The van der Waals surface area contributed by atoms with E-state index in [1.165, 1.54) is 0 Å². The van der Waals surface area contributed by atoms with Crippen molar-refractivity contribution in [3.05, 3.63) is 42.4 Å². The van der Waals surface area contributed by atoms with Crippen LogP contribution < -0.4 is 0 Å². The maximum Gasteiger partial charge on any atom is 0.389 e. The van der Waals surface area contributed by atoms with Gasteiger partial charge in [0.15, 0.2) is 0 Å². The second-order valence-electron chi connectivity index (χ2n) is 8.90. The van der Waals surface area contributed by atoms with Crippen molar-refractivity contribution in [2.45, 2.75) is 64.6 Å². The first kappa shape index (κ1) is 25.5. The number of amides is 1. The van der Waals surface area contributed by atoms with E-state index in [9.17, 15) is 18.0 Å². The lowest BCUT2D eigenvalue weighted by Crippen LogP contribution is -2.31. The number of carbonyl (C=O) groups is 1. The number of benzene rings is 1. The third-order valence-corrected chi connectivity index (χ3v) is 5.65. The van der Waals surface area contributed by atoms with E-state index in [2.05, 4.69) is 41.7 Å². The van der Waals surface area contributed by atoms with E-state index >= 15 is 0 Å². The van der Waals surface area contributed by atoms with Crippen LogP contribution >= 0.6 is 0 Å². The number of piperidine rings is 1. The third-order valence-electron chi connectivity index (χ3n) is 5.65. The third kappa shape index (κ3) is 6.68. The van der Waals surface area contributed by atoms with Crippen LogP contribution in [0.25, 0.3) is 22.3 Å². The minimum atomic E-state index is -4.03. The summed E-state index contributed by atoms with van der Waals surface area (Å²) in [5.41, 5.74) is 2.57. The fraction of sp³-hybridized carbons (Fsp3) is 0.500. The Morgan fingerprint density at radius 1 is 1.29 bits per heavy atom. The molecule has 1 aliphatic rings. The first-order valence-corrected chi connectivity index (χ1v) is 11.3. The lowest BCUT2D eigenvalue weighted by molar-refractivity contribution is -0.133. The van der Waals surface area contributed by atoms with Gasteiger partial charge >= 0.3 is 6.18 Å². The van der Waals surface area contributed by atoms with Crippen molar-refractivity contribution in [1.29, 1.82) is 0 Å². The molecule has 184 valence electrons. The Labute approximate surface area is 196 Å². The molecule has 1 amide bonds. The Morgan fingerprint density at radius 3 is 2.56 bits per heavy atom. The molecule has 0 radical (unpaired) electrons. The van der Waals surface area contributed by atoms with E-state index < -0.39 is 12.6 Å². The van der Waals surface area contributed by atoms with Gasteiger partial charge in [-0.05, 0) is 46.1 Å². The van der Waals surface area contributed by atoms with Crippen molar-refractivity contribution in [3.8, 4) is 11.4 Å². The van der Waals surface area contributed by atoms with E-state index in [0.29, 0.717) is 17.3 Å². The summed E-state index contributed by atoms with van der Waals surface area (Å²) < 4.78 is 41.6. The van der Waals surface area contributed by atoms with Crippen LogP contribution in [0.15, 0.2) is 41.1 Å². The number of alkyl halides is 3. The van der Waals surface area contributed by atoms with E-state index in [0.717, 1.165) is 48.8 Å². The summed E-state index contributed by atoms with van der Waals surface area (Å²) in [7, 11) is 0. The number of nitrogens with zero attached hydrogens (tertiary/aromatic N) is 5. The van der Waals surface area contributed by atoms with Gasteiger partial charge in [-0.3, -0.25) is 9.48 Å². The lowest BCUT2D eigenvalue weighted by Gasteiger charge is -2.26. The zero-order valence-electron chi connectivity index (χ0n) is 19.7. The monoisotopic (exact) mass is 477 g/mol. The standard InChI is InChI=1S/C18H21N5O2.C6H9F3/c1-12(2)23-16-9-14(3-4-15(16)10-19-23)17-20-18(25-21-17)13-5-7-22(11-24)8-6-13;1-5(2)3-4-6(7,8)9/h3-4,9-13H,5-8H2,1-2H3;1,3-4H2,2H3. The molecule has 0 atom stereocenters. The number of hydrogen-bond donors (Lipinski definition) is 0. The summed E-state index contributed by atoms with van der Waals surface area (Å²) in [4.78, 5) is 17.2. The second-order valence-corrected chi connectivity index (χ2v) is 8.90. The molecule has 0 saturated carbocycles. The Kier molecular flexibility index (Phi) is 8.11. The van der Waals surface area contributed by atoms with Crippen molar-refractivity contribution in [2.75, 3.05) is 13.1 Å². The van der Waals surface area contributed by atoms with Gasteiger partial charge in [0.1, 0.15) is 0 Å². The molecule has 1 fully saturated rings. The number of carbonyl (C=O) groups excluding carboxylic acids is 1. The molecule has 34 heavy (non-hydrogen) atoms. The normalized spacial score (nSPS) is 14.9. The number of halogens is 3. The molecule has 1 aliphatic heterocycles. The number of allylic oxidation sites excluding steroid dienone is 1. The Bertz CT molecular complexity index is 1110. The molecule has 10 heteroatoms. The summed E-state index contributed by atoms with van der Waals surface area (Å²) in [5.74, 6) is 1.49. The predicted octanol–water partition coefficient (Wildman–Crippen LogP) is 5.91. The highest BCUT2D eigenvalue weighted by atomic mass is 19.4. The van der Waals surface area contributed by atoms with Crippen molar-refractivity contribution >= 4 is 17.3 Å². The molecule has 3 aromatic rings. The van der Waals surface area contributed by atoms with Gasteiger partial charge < -0.3 is 9.42 Å². The molecule has 0 spiro atoms. The van der Waals surface area contributed by atoms with Gasteiger partial charge in [-0.25, -0.2) is 0 Å². The summed E-state index contributed by atoms with van der Waals surface area (Å²) in [6.45, 7) is 10.6. The van der Waals surface area contributed by atoms with Crippen LogP contribution in [0.2, 0.25) is 0 Å². The average molecular weight is 478 g/mol. The summed E-state index contributed by atoms with van der Waals surface area (Å²) in [5, 5.41) is 9.71. The van der Waals surface area contributed by atoms with Gasteiger partial charge in [0.25, 0.3) is 0 Å². The average Bonchev–Trinajstić information content (AvgIpc) is 3.45. The number of hydrogen-bond acceptors (Lipinski definition) is 5. The largest absolute Gasteiger partial charge is 0.389 e. The fourth-order valence-corrected chi connectivity index (χ4v) is 3.71. The number of rotatable bonds is 6. The van der Waals surface area contributed by atoms with E-state index in [-0.39, 0.29) is 18.4 Å². The molecule has 2 aromatic heterocycles. The molecule has 0 aliphatic carbocycles. The second kappa shape index (κ2) is 10.8. The molecule has 0 bridgehead atoms. The Balaban J connectivity index is 0.000000309. The molecule has 0 N–H and O–H groups in total. The van der Waals surface area contributed by atoms with Gasteiger partial charge in [0.05, 0.1) is 11.7 Å². The quantitative estimate of drug-likeness (QED) is 0.326. The van der Waals surface area contributed by atoms with Gasteiger partial charge in [0.2, 0.25) is 18.1 Å². The molecule has 7 nitrogen and oxygen atoms in total. The van der Waals surface area contributed by atoms with Crippen LogP contribution in [0, 0.1) is 0 Å². The van der Waals surface area contributed by atoms with Crippen LogP contribution in [0.3, 0.4) is 0 Å². The van der Waals surface area contributed by atoms with Crippen LogP contribution in [-0.4, -0.2) is 50.5 Å². The van der Waals surface area contributed by atoms with Crippen molar-refractivity contribution in [2.24, 2.45) is 0 Å². The molecular weight excluding hydrogens is 447 g/mol. The minimum Gasteiger partial charge on any atom is -0.345 e. The van der Waals surface area contributed by atoms with Gasteiger partial charge in [0, 0.05) is 42.4 Å². The first-order valence-electron chi connectivity index (χ1n) is 11.3. The summed E-state index contributed by atoms with van der Waals surface area (Å²) in [6.07, 6.45) is -0.228. The number of aromatic nitrogens is 4. The number of likely N-dealkylation sites (tertiary alicyclic amines) is 1. The van der Waals surface area contributed by atoms with Crippen LogP contribution in [0.4, 0.5) is 13.2 Å². The zero-order chi connectivity index (χ0) is 24.9. The first-order chi connectivity index (χ1) is 16.1. The maximum atomic E-state index is 11.4. The topological polar surface area (TPSA) is 77.0 Å². The van der Waals surface area contributed by atoms with Crippen molar-refractivity contribution in [3.63, 3.8) is 0 Å². The van der Waals surface area contributed by atoms with Crippen molar-refractivity contribution in [1.82, 2.24) is 24.8 Å². The summed E-state index contributed by atoms with van der Waals surface area (Å²) >= 11 is 0. The zero-order valence-corrected chi connectivity index (χ0v) is 19.7. The summed E-state index contributed by atoms with van der Waals surface area (Å²) in [6, 6.07) is 6.39. The SMILES string of the molecule is C=C(C)CCC(F)(F)F.CC(C)n1ncc2ccc(-c3noc(C4CCN(C=O)CC4)n3)cc21. The van der Waals surface area contributed by atoms with Gasteiger partial charge in [-0.2, -0.15) is 23.3 Å². The van der Waals surface area contributed by atoms with Gasteiger partial charge in [-0.15, -0.1) is 6.58 Å². The smallest absolute Gasteiger partial charge is 0.345 e. The molecule has 1 saturated heterocycles. The molecule has 1 aromatic carbocycles. The molecule has 3 heterocycles. The highest BCUT2D eigenvalue weighted by molar-refractivity contribution is 5.83. The molecular formula is C24H30F3N5O2. The van der Waals surface area contributed by atoms with Crippen molar-refractivity contribution < 1.29 is 22.5 Å². The lowest BCUT2D eigenvalue weighted by atomic mass is 9.97. The predicted molar refractivity (Wildman–Crippen MR) is 123 cm³/mol. The van der Waals surface area contributed by atoms with E-state index in [4.69, 9.17) is 4.52 Å². The highest BCUT2D eigenvalue weighted by Gasteiger charge is 2.26. The highest BCUT2D eigenvalue weighted by Crippen LogP contribution is 2.29. The minimum absolute atomic E-state index is 0.0451. The van der Waals surface area contributed by atoms with E-state index in [1.807, 2.05) is 23.0 Å². The molecule has 4 rings (SSSR count). The Morgan fingerprint density at radius 2 is 2.00 bits per heavy atom. The number of fused-ring (bicyclic) bond motifs is 1. The maximum absolute atomic E-state index is 11.4. The van der Waals surface area contributed by atoms with Crippen LogP contribution in [0.1, 0.15) is 64.3 Å². The van der Waals surface area contributed by atoms with Crippen LogP contribution in [0.5, 0.6) is 0 Å². The molecule has 0 unspecified atom stereocenters. The Hall–Kier alpha value is -3.17.